The number of sulfonamides is 1. The zero-order valence-corrected chi connectivity index (χ0v) is 11.4. The molecule has 1 heterocycles. The second-order valence-corrected chi connectivity index (χ2v) is 6.59. The van der Waals surface area contributed by atoms with E-state index in [4.69, 9.17) is 11.6 Å². The predicted octanol–water partition coefficient (Wildman–Crippen LogP) is 1.64. The Balaban J connectivity index is 2.19. The van der Waals surface area contributed by atoms with Crippen LogP contribution in [0.3, 0.4) is 0 Å². The Morgan fingerprint density at radius 1 is 1.28 bits per heavy atom. The maximum Gasteiger partial charge on any atom is 0.266 e. The molecule has 7 heteroatoms. The topological polar surface area (TPSA) is 79.0 Å². The van der Waals surface area contributed by atoms with Crippen molar-refractivity contribution >= 4 is 21.6 Å². The maximum atomic E-state index is 12.1. The van der Waals surface area contributed by atoms with Gasteiger partial charge in [-0.2, -0.15) is 0 Å². The number of rotatable bonds is 3. The number of aromatic nitrogens is 1. The minimum absolute atomic E-state index is 0.00215. The van der Waals surface area contributed by atoms with Crippen molar-refractivity contribution in [1.82, 2.24) is 9.71 Å². The normalized spacial score (nSPS) is 17.8. The monoisotopic (exact) mass is 290 g/mol. The number of H-pyrrole nitrogens is 1. The molecule has 0 aliphatic heterocycles. The summed E-state index contributed by atoms with van der Waals surface area (Å²) in [6.45, 7) is 0. The van der Waals surface area contributed by atoms with Crippen LogP contribution in [-0.4, -0.2) is 19.4 Å². The molecule has 2 N–H and O–H groups in total. The van der Waals surface area contributed by atoms with Crippen molar-refractivity contribution in [2.45, 2.75) is 43.0 Å². The van der Waals surface area contributed by atoms with Crippen LogP contribution < -0.4 is 10.3 Å². The summed E-state index contributed by atoms with van der Waals surface area (Å²) in [6, 6.07) is 1.15. The Morgan fingerprint density at radius 2 is 1.94 bits per heavy atom. The number of pyridine rings is 1. The van der Waals surface area contributed by atoms with Gasteiger partial charge in [0.15, 0.2) is 0 Å². The molecule has 2 rings (SSSR count). The van der Waals surface area contributed by atoms with Crippen molar-refractivity contribution in [2.75, 3.05) is 0 Å². The van der Waals surface area contributed by atoms with Gasteiger partial charge < -0.3 is 4.98 Å². The second kappa shape index (κ2) is 5.42. The quantitative estimate of drug-likeness (QED) is 0.888. The van der Waals surface area contributed by atoms with Gasteiger partial charge in [-0.05, 0) is 18.9 Å². The van der Waals surface area contributed by atoms with Gasteiger partial charge >= 0.3 is 0 Å². The molecule has 0 atom stereocenters. The molecule has 0 bridgehead atoms. The van der Waals surface area contributed by atoms with E-state index in [2.05, 4.69) is 9.71 Å². The van der Waals surface area contributed by atoms with E-state index in [-0.39, 0.29) is 16.0 Å². The van der Waals surface area contributed by atoms with Gasteiger partial charge in [-0.1, -0.05) is 30.9 Å². The van der Waals surface area contributed by atoms with Crippen LogP contribution in [0.25, 0.3) is 0 Å². The van der Waals surface area contributed by atoms with Crippen molar-refractivity contribution < 1.29 is 8.42 Å². The first-order valence-corrected chi connectivity index (χ1v) is 7.76. The Bertz CT molecular complexity index is 576. The van der Waals surface area contributed by atoms with E-state index < -0.39 is 15.6 Å². The lowest BCUT2D eigenvalue weighted by Crippen LogP contribution is -2.36. The Labute approximate surface area is 111 Å². The molecule has 1 aliphatic rings. The zero-order valence-electron chi connectivity index (χ0n) is 9.78. The van der Waals surface area contributed by atoms with Gasteiger partial charge in [0, 0.05) is 12.2 Å². The Hall–Kier alpha value is -0.850. The molecule has 5 nitrogen and oxygen atoms in total. The van der Waals surface area contributed by atoms with E-state index in [1.807, 2.05) is 0 Å². The summed E-state index contributed by atoms with van der Waals surface area (Å²) in [5.74, 6) is 0. The highest BCUT2D eigenvalue weighted by molar-refractivity contribution is 7.89. The number of hydrogen-bond donors (Lipinski definition) is 2. The third-order valence-corrected chi connectivity index (χ3v) is 4.85. The fraction of sp³-hybridized carbons (Fsp3) is 0.545. The molecule has 0 spiro atoms. The van der Waals surface area contributed by atoms with Crippen molar-refractivity contribution in [1.29, 1.82) is 0 Å². The molecule has 1 saturated carbocycles. The summed E-state index contributed by atoms with van der Waals surface area (Å²) >= 11 is 5.63. The first-order chi connectivity index (χ1) is 8.49. The lowest BCUT2D eigenvalue weighted by molar-refractivity contribution is 0.412. The number of nitrogens with one attached hydrogen (secondary N) is 2. The predicted molar refractivity (Wildman–Crippen MR) is 69.3 cm³/mol. The van der Waals surface area contributed by atoms with Crippen LogP contribution >= 0.6 is 11.6 Å². The molecule has 100 valence electrons. The largest absolute Gasteiger partial charge is 0.326 e. The number of aromatic amines is 1. The molecule has 18 heavy (non-hydrogen) atoms. The molecule has 0 saturated heterocycles. The van der Waals surface area contributed by atoms with E-state index in [1.54, 1.807) is 0 Å². The van der Waals surface area contributed by atoms with Crippen LogP contribution in [0.2, 0.25) is 5.02 Å². The SMILES string of the molecule is O=c1[nH]cc(S(=O)(=O)NC2CCCCC2)cc1Cl. The van der Waals surface area contributed by atoms with E-state index in [1.165, 1.54) is 12.3 Å². The lowest BCUT2D eigenvalue weighted by atomic mass is 9.96. The summed E-state index contributed by atoms with van der Waals surface area (Å²) in [6.07, 6.45) is 6.12. The third-order valence-electron chi connectivity index (χ3n) is 3.07. The zero-order chi connectivity index (χ0) is 13.2. The van der Waals surface area contributed by atoms with Gasteiger partial charge in [0.25, 0.3) is 5.56 Å². The van der Waals surface area contributed by atoms with Crippen molar-refractivity contribution in [3.05, 3.63) is 27.6 Å². The molecule has 1 aromatic rings. The summed E-state index contributed by atoms with van der Waals surface area (Å²) in [7, 11) is -3.60. The van der Waals surface area contributed by atoms with Gasteiger partial charge in [0.1, 0.15) is 5.02 Å². The second-order valence-electron chi connectivity index (χ2n) is 4.47. The van der Waals surface area contributed by atoms with E-state index in [0.717, 1.165) is 32.1 Å². The van der Waals surface area contributed by atoms with E-state index in [9.17, 15) is 13.2 Å². The van der Waals surface area contributed by atoms with Crippen LogP contribution in [-0.2, 0) is 10.0 Å². The number of halogens is 1. The van der Waals surface area contributed by atoms with Gasteiger partial charge in [0.2, 0.25) is 10.0 Å². The fourth-order valence-electron chi connectivity index (χ4n) is 2.10. The molecule has 1 fully saturated rings. The first kappa shape index (κ1) is 13.6. The smallest absolute Gasteiger partial charge is 0.266 e. The maximum absolute atomic E-state index is 12.1. The highest BCUT2D eigenvalue weighted by atomic mass is 35.5. The summed E-state index contributed by atoms with van der Waals surface area (Å²) in [5.41, 5.74) is -0.492. The summed E-state index contributed by atoms with van der Waals surface area (Å²) in [5, 5.41) is -0.124. The molecule has 1 aromatic heterocycles. The molecule has 0 amide bonds. The van der Waals surface area contributed by atoms with Gasteiger partial charge in [0.05, 0.1) is 4.90 Å². The highest BCUT2D eigenvalue weighted by Gasteiger charge is 2.22. The molecule has 0 aromatic carbocycles. The van der Waals surface area contributed by atoms with Gasteiger partial charge in [-0.15, -0.1) is 0 Å². The van der Waals surface area contributed by atoms with Crippen LogP contribution in [0.5, 0.6) is 0 Å². The van der Waals surface area contributed by atoms with Crippen molar-refractivity contribution in [3.63, 3.8) is 0 Å². The molecule has 0 unspecified atom stereocenters. The van der Waals surface area contributed by atoms with Crippen molar-refractivity contribution in [3.8, 4) is 0 Å². The van der Waals surface area contributed by atoms with Crippen LogP contribution in [0.1, 0.15) is 32.1 Å². The van der Waals surface area contributed by atoms with Gasteiger partial charge in [-0.3, -0.25) is 4.79 Å². The third kappa shape index (κ3) is 3.13. The average Bonchev–Trinajstić information content (AvgIpc) is 2.33. The molecule has 0 radical (unpaired) electrons. The average molecular weight is 291 g/mol. The van der Waals surface area contributed by atoms with E-state index in [0.29, 0.717) is 0 Å². The Kier molecular flexibility index (Phi) is 4.09. The van der Waals surface area contributed by atoms with Crippen LogP contribution in [0.15, 0.2) is 22.0 Å². The molecular weight excluding hydrogens is 276 g/mol. The van der Waals surface area contributed by atoms with Crippen LogP contribution in [0, 0.1) is 0 Å². The van der Waals surface area contributed by atoms with Crippen LogP contribution in [0.4, 0.5) is 0 Å². The van der Waals surface area contributed by atoms with E-state index >= 15 is 0 Å². The summed E-state index contributed by atoms with van der Waals surface area (Å²) < 4.78 is 26.8. The highest BCUT2D eigenvalue weighted by Crippen LogP contribution is 2.20. The molecule has 1 aliphatic carbocycles. The van der Waals surface area contributed by atoms with Gasteiger partial charge in [-0.25, -0.2) is 13.1 Å². The Morgan fingerprint density at radius 3 is 2.56 bits per heavy atom. The number of hydrogen-bond acceptors (Lipinski definition) is 3. The van der Waals surface area contributed by atoms with Crippen molar-refractivity contribution in [2.24, 2.45) is 0 Å². The lowest BCUT2D eigenvalue weighted by Gasteiger charge is -2.22. The minimum Gasteiger partial charge on any atom is -0.326 e. The first-order valence-electron chi connectivity index (χ1n) is 5.89. The fourth-order valence-corrected chi connectivity index (χ4v) is 3.64. The standard InChI is InChI=1S/C11H15ClN2O3S/c12-10-6-9(7-13-11(10)15)18(16,17)14-8-4-2-1-3-5-8/h6-8,14H,1-5H2,(H,13,15). The minimum atomic E-state index is -3.60. The summed E-state index contributed by atoms with van der Waals surface area (Å²) in [4.78, 5) is 13.4. The molecular formula is C11H15ClN2O3S.